The first kappa shape index (κ1) is 18.5. The number of nitrogens with zero attached hydrogens (tertiary/aromatic N) is 1. The number of H-pyrrole nitrogens is 1. The zero-order valence-electron chi connectivity index (χ0n) is 13.9. The molecular formula is C17H20Cl2N2O3S. The normalized spacial score (nSPS) is 19.4. The lowest BCUT2D eigenvalue weighted by atomic mass is 10.1. The summed E-state index contributed by atoms with van der Waals surface area (Å²) in [5.41, 5.74) is 1.02. The molecule has 3 rings (SSSR count). The Labute approximate surface area is 157 Å². The van der Waals surface area contributed by atoms with Gasteiger partial charge in [0.15, 0.2) is 9.84 Å². The Morgan fingerprint density at radius 1 is 1.36 bits per heavy atom. The van der Waals surface area contributed by atoms with Crippen LogP contribution in [-0.4, -0.2) is 48.3 Å². The highest BCUT2D eigenvalue weighted by Crippen LogP contribution is 2.31. The van der Waals surface area contributed by atoms with Crippen molar-refractivity contribution in [1.82, 2.24) is 9.88 Å². The van der Waals surface area contributed by atoms with Crippen LogP contribution >= 0.6 is 23.2 Å². The molecule has 1 N–H and O–H groups in total. The molecule has 0 spiro atoms. The lowest BCUT2D eigenvalue weighted by Gasteiger charge is -2.28. The number of amides is 1. The summed E-state index contributed by atoms with van der Waals surface area (Å²) in [5, 5.41) is 1.55. The second-order valence-electron chi connectivity index (χ2n) is 6.41. The second-order valence-corrected chi connectivity index (χ2v) is 9.46. The maximum Gasteiger partial charge on any atom is 0.272 e. The van der Waals surface area contributed by atoms with Crippen molar-refractivity contribution in [2.75, 3.05) is 18.1 Å². The van der Waals surface area contributed by atoms with E-state index in [0.29, 0.717) is 34.1 Å². The minimum atomic E-state index is -3.08. The Balaban J connectivity index is 1.96. The van der Waals surface area contributed by atoms with Crippen LogP contribution in [0.3, 0.4) is 0 Å². The lowest BCUT2D eigenvalue weighted by Crippen LogP contribution is -2.42. The Morgan fingerprint density at radius 3 is 2.76 bits per heavy atom. The third-order valence-corrected chi connectivity index (χ3v) is 6.95. The molecule has 5 nitrogen and oxygen atoms in total. The lowest BCUT2D eigenvalue weighted by molar-refractivity contribution is 0.0689. The van der Waals surface area contributed by atoms with Gasteiger partial charge < -0.3 is 9.88 Å². The minimum Gasteiger partial charge on any atom is -0.349 e. The number of benzene rings is 1. The number of sulfone groups is 1. The predicted molar refractivity (Wildman–Crippen MR) is 101 cm³/mol. The van der Waals surface area contributed by atoms with E-state index in [-0.39, 0.29) is 23.5 Å². The van der Waals surface area contributed by atoms with Crippen molar-refractivity contribution in [2.24, 2.45) is 0 Å². The van der Waals surface area contributed by atoms with E-state index in [1.54, 1.807) is 23.1 Å². The van der Waals surface area contributed by atoms with E-state index in [1.807, 2.05) is 6.92 Å². The molecule has 1 fully saturated rings. The van der Waals surface area contributed by atoms with Crippen molar-refractivity contribution in [3.05, 3.63) is 33.9 Å². The molecule has 1 unspecified atom stereocenters. The monoisotopic (exact) mass is 402 g/mol. The van der Waals surface area contributed by atoms with E-state index in [4.69, 9.17) is 23.2 Å². The Hall–Kier alpha value is -1.24. The van der Waals surface area contributed by atoms with E-state index in [1.165, 1.54) is 0 Å². The summed E-state index contributed by atoms with van der Waals surface area (Å²) in [4.78, 5) is 17.8. The summed E-state index contributed by atoms with van der Waals surface area (Å²) < 4.78 is 23.7. The van der Waals surface area contributed by atoms with Crippen molar-refractivity contribution >= 4 is 49.8 Å². The number of rotatable bonds is 5. The fourth-order valence-electron chi connectivity index (χ4n) is 3.22. The molecule has 1 amide bonds. The van der Waals surface area contributed by atoms with E-state index >= 15 is 0 Å². The quantitative estimate of drug-likeness (QED) is 0.823. The number of halogens is 2. The summed E-state index contributed by atoms with van der Waals surface area (Å²) in [7, 11) is -3.08. The zero-order valence-corrected chi connectivity index (χ0v) is 16.2. The van der Waals surface area contributed by atoms with Gasteiger partial charge in [-0.05, 0) is 31.0 Å². The van der Waals surface area contributed by atoms with Gasteiger partial charge in [0.25, 0.3) is 5.91 Å². The van der Waals surface area contributed by atoms with Gasteiger partial charge >= 0.3 is 0 Å². The highest BCUT2D eigenvalue weighted by Gasteiger charge is 2.35. The summed E-state index contributed by atoms with van der Waals surface area (Å²) in [6.45, 7) is 2.55. The molecule has 1 atom stereocenters. The molecule has 0 aliphatic carbocycles. The van der Waals surface area contributed by atoms with Gasteiger partial charge in [-0.1, -0.05) is 36.5 Å². The van der Waals surface area contributed by atoms with Gasteiger partial charge in [-0.15, -0.1) is 0 Å². The second kappa shape index (κ2) is 7.17. The molecule has 136 valence electrons. The number of carbonyl (C=O) groups is 1. The molecule has 2 heterocycles. The third-order valence-electron chi connectivity index (χ3n) is 4.57. The standard InChI is InChI=1S/C17H20Cl2N2O3S/c1-2-3-7-21(12-6-8-25(23,24)10-12)17(22)16-15(19)13-9-11(18)4-5-14(13)20-16/h4-5,9,12,20H,2-3,6-8,10H2,1H3. The topological polar surface area (TPSA) is 70.2 Å². The summed E-state index contributed by atoms with van der Waals surface area (Å²) >= 11 is 12.4. The molecule has 0 saturated carbocycles. The van der Waals surface area contributed by atoms with Crippen molar-refractivity contribution in [1.29, 1.82) is 0 Å². The van der Waals surface area contributed by atoms with Gasteiger partial charge in [0.2, 0.25) is 0 Å². The minimum absolute atomic E-state index is 0.0200. The van der Waals surface area contributed by atoms with Crippen LogP contribution in [0.2, 0.25) is 10.0 Å². The summed E-state index contributed by atoms with van der Waals surface area (Å²) in [5.74, 6) is -0.108. The fourth-order valence-corrected chi connectivity index (χ4v) is 5.41. The highest BCUT2D eigenvalue weighted by atomic mass is 35.5. The fraction of sp³-hybridized carbons (Fsp3) is 0.471. The molecule has 25 heavy (non-hydrogen) atoms. The molecule has 1 saturated heterocycles. The number of carbonyl (C=O) groups excluding carboxylic acids is 1. The first-order valence-electron chi connectivity index (χ1n) is 8.30. The molecule has 1 aromatic carbocycles. The number of nitrogens with one attached hydrogen (secondary N) is 1. The molecule has 1 aromatic heterocycles. The van der Waals surface area contributed by atoms with Gasteiger partial charge in [0.05, 0.1) is 16.5 Å². The van der Waals surface area contributed by atoms with E-state index in [2.05, 4.69) is 4.98 Å². The van der Waals surface area contributed by atoms with Crippen LogP contribution in [-0.2, 0) is 9.84 Å². The molecule has 0 bridgehead atoms. The maximum atomic E-state index is 13.1. The molecule has 0 radical (unpaired) electrons. The van der Waals surface area contributed by atoms with Crippen molar-refractivity contribution in [3.8, 4) is 0 Å². The Kier molecular flexibility index (Phi) is 5.32. The number of unbranched alkanes of at least 4 members (excludes halogenated alkanes) is 1. The zero-order chi connectivity index (χ0) is 18.2. The van der Waals surface area contributed by atoms with Crippen LogP contribution in [0.5, 0.6) is 0 Å². The molecule has 2 aromatic rings. The Bertz CT molecular complexity index is 908. The average molecular weight is 403 g/mol. The Morgan fingerprint density at radius 2 is 2.12 bits per heavy atom. The van der Waals surface area contributed by atoms with Crippen molar-refractivity contribution in [2.45, 2.75) is 32.2 Å². The number of fused-ring (bicyclic) bond motifs is 1. The largest absolute Gasteiger partial charge is 0.349 e. The van der Waals surface area contributed by atoms with Crippen molar-refractivity contribution in [3.63, 3.8) is 0 Å². The molecule has 8 heteroatoms. The maximum absolute atomic E-state index is 13.1. The van der Waals surface area contributed by atoms with Crippen LogP contribution in [0.15, 0.2) is 18.2 Å². The summed E-state index contributed by atoms with van der Waals surface area (Å²) in [6.07, 6.45) is 2.20. The smallest absolute Gasteiger partial charge is 0.272 e. The molecule has 1 aliphatic rings. The molecule has 1 aliphatic heterocycles. The number of hydrogen-bond donors (Lipinski definition) is 1. The number of hydrogen-bond acceptors (Lipinski definition) is 3. The van der Waals surface area contributed by atoms with Crippen LogP contribution in [0.4, 0.5) is 0 Å². The van der Waals surface area contributed by atoms with Crippen LogP contribution in [0.1, 0.15) is 36.7 Å². The van der Waals surface area contributed by atoms with Crippen LogP contribution in [0, 0.1) is 0 Å². The first-order valence-corrected chi connectivity index (χ1v) is 10.9. The van der Waals surface area contributed by atoms with Gasteiger partial charge in [-0.2, -0.15) is 0 Å². The predicted octanol–water partition coefficient (Wildman–Crippen LogP) is 3.90. The van der Waals surface area contributed by atoms with E-state index < -0.39 is 9.84 Å². The average Bonchev–Trinajstić information content (AvgIpc) is 3.08. The van der Waals surface area contributed by atoms with Gasteiger partial charge in [-0.25, -0.2) is 8.42 Å². The third kappa shape index (κ3) is 3.81. The first-order chi connectivity index (χ1) is 11.8. The van der Waals surface area contributed by atoms with Crippen molar-refractivity contribution < 1.29 is 13.2 Å². The number of aromatic nitrogens is 1. The SMILES string of the molecule is CCCCN(C(=O)c1[nH]c2ccc(Cl)cc2c1Cl)C1CCS(=O)(=O)C1. The van der Waals surface area contributed by atoms with Crippen LogP contribution in [0.25, 0.3) is 10.9 Å². The van der Waals surface area contributed by atoms with E-state index in [9.17, 15) is 13.2 Å². The van der Waals surface area contributed by atoms with E-state index in [0.717, 1.165) is 18.4 Å². The van der Waals surface area contributed by atoms with Gasteiger partial charge in [0, 0.05) is 28.5 Å². The highest BCUT2D eigenvalue weighted by molar-refractivity contribution is 7.91. The molecular weight excluding hydrogens is 383 g/mol. The van der Waals surface area contributed by atoms with Gasteiger partial charge in [-0.3, -0.25) is 4.79 Å². The summed E-state index contributed by atoms with van der Waals surface area (Å²) in [6, 6.07) is 4.92. The van der Waals surface area contributed by atoms with Crippen LogP contribution < -0.4 is 0 Å². The number of aromatic amines is 1. The van der Waals surface area contributed by atoms with Gasteiger partial charge in [0.1, 0.15) is 5.69 Å².